The summed E-state index contributed by atoms with van der Waals surface area (Å²) in [6.07, 6.45) is 2.53. The van der Waals surface area contributed by atoms with E-state index in [0.717, 1.165) is 16.6 Å². The fourth-order valence-electron chi connectivity index (χ4n) is 2.06. The van der Waals surface area contributed by atoms with E-state index in [9.17, 15) is 5.11 Å². The zero-order valence-electron chi connectivity index (χ0n) is 9.99. The van der Waals surface area contributed by atoms with Gasteiger partial charge < -0.3 is 5.11 Å². The number of nitrogens with zero attached hydrogens (tertiary/aromatic N) is 2. The van der Waals surface area contributed by atoms with Crippen LogP contribution >= 0.6 is 11.6 Å². The van der Waals surface area contributed by atoms with Gasteiger partial charge >= 0.3 is 0 Å². The van der Waals surface area contributed by atoms with Gasteiger partial charge in [0.05, 0.1) is 11.0 Å². The summed E-state index contributed by atoms with van der Waals surface area (Å²) in [5, 5.41) is 11.1. The second-order valence-corrected chi connectivity index (χ2v) is 4.66. The maximum absolute atomic E-state index is 10.5. The molecule has 4 heteroatoms. The SMILES string of the molecule is OC(c1ccc(Cl)cc1)c1cccc2nccnc12. The smallest absolute Gasteiger partial charge is 0.106 e. The number of aliphatic hydroxyl groups is 1. The minimum absolute atomic E-state index is 0.647. The Labute approximate surface area is 115 Å². The van der Waals surface area contributed by atoms with Crippen LogP contribution in [0, 0.1) is 0 Å². The van der Waals surface area contributed by atoms with Crippen LogP contribution in [0.2, 0.25) is 5.02 Å². The number of benzene rings is 2. The van der Waals surface area contributed by atoms with Crippen LogP contribution in [0.25, 0.3) is 11.0 Å². The predicted molar refractivity (Wildman–Crippen MR) is 75.1 cm³/mol. The lowest BCUT2D eigenvalue weighted by Gasteiger charge is -2.13. The number of fused-ring (bicyclic) bond motifs is 1. The van der Waals surface area contributed by atoms with Crippen molar-refractivity contribution in [2.24, 2.45) is 0 Å². The molecule has 1 aromatic heterocycles. The van der Waals surface area contributed by atoms with E-state index in [0.29, 0.717) is 10.5 Å². The number of hydrogen-bond acceptors (Lipinski definition) is 3. The number of hydrogen-bond donors (Lipinski definition) is 1. The lowest BCUT2D eigenvalue weighted by molar-refractivity contribution is 0.221. The predicted octanol–water partition coefficient (Wildman–Crippen LogP) is 3.36. The van der Waals surface area contributed by atoms with Crippen molar-refractivity contribution in [1.29, 1.82) is 0 Å². The van der Waals surface area contributed by atoms with Gasteiger partial charge in [0.1, 0.15) is 6.10 Å². The molecule has 0 aliphatic heterocycles. The summed E-state index contributed by atoms with van der Waals surface area (Å²) in [5.74, 6) is 0. The standard InChI is InChI=1S/C15H11ClN2O/c16-11-6-4-10(5-7-11)15(19)12-2-1-3-13-14(12)18-9-8-17-13/h1-9,15,19H. The molecule has 0 aliphatic carbocycles. The first-order valence-electron chi connectivity index (χ1n) is 5.89. The Balaban J connectivity index is 2.11. The first-order valence-corrected chi connectivity index (χ1v) is 6.26. The molecule has 94 valence electrons. The largest absolute Gasteiger partial charge is 0.384 e. The van der Waals surface area contributed by atoms with Gasteiger partial charge in [-0.3, -0.25) is 9.97 Å². The van der Waals surface area contributed by atoms with Crippen LogP contribution in [0.15, 0.2) is 54.9 Å². The molecular formula is C15H11ClN2O. The van der Waals surface area contributed by atoms with Gasteiger partial charge in [-0.25, -0.2) is 0 Å². The molecule has 0 radical (unpaired) electrons. The summed E-state index contributed by atoms with van der Waals surface area (Å²) in [6.45, 7) is 0. The van der Waals surface area contributed by atoms with Gasteiger partial charge in [-0.1, -0.05) is 35.9 Å². The first-order chi connectivity index (χ1) is 9.25. The molecule has 2 aromatic carbocycles. The van der Waals surface area contributed by atoms with Crippen LogP contribution in [0.5, 0.6) is 0 Å². The van der Waals surface area contributed by atoms with Gasteiger partial charge in [0.2, 0.25) is 0 Å². The van der Waals surface area contributed by atoms with Crippen molar-refractivity contribution in [3.05, 3.63) is 71.0 Å². The molecule has 1 atom stereocenters. The quantitative estimate of drug-likeness (QED) is 0.777. The van der Waals surface area contributed by atoms with Crippen molar-refractivity contribution in [2.45, 2.75) is 6.10 Å². The molecule has 3 rings (SSSR count). The second kappa shape index (κ2) is 4.96. The summed E-state index contributed by atoms with van der Waals surface area (Å²) < 4.78 is 0. The summed E-state index contributed by atoms with van der Waals surface area (Å²) in [4.78, 5) is 8.53. The Bertz CT molecular complexity index is 707. The zero-order valence-corrected chi connectivity index (χ0v) is 10.7. The highest BCUT2D eigenvalue weighted by Gasteiger charge is 2.14. The second-order valence-electron chi connectivity index (χ2n) is 4.23. The normalized spacial score (nSPS) is 12.5. The Morgan fingerprint density at radius 1 is 0.947 bits per heavy atom. The molecule has 0 saturated heterocycles. The minimum Gasteiger partial charge on any atom is -0.384 e. The van der Waals surface area contributed by atoms with Crippen molar-refractivity contribution >= 4 is 22.6 Å². The van der Waals surface area contributed by atoms with E-state index in [4.69, 9.17) is 11.6 Å². The Morgan fingerprint density at radius 3 is 2.47 bits per heavy atom. The maximum atomic E-state index is 10.5. The molecule has 0 fully saturated rings. The molecule has 0 bridgehead atoms. The Kier molecular flexibility index (Phi) is 3.15. The summed E-state index contributed by atoms with van der Waals surface area (Å²) in [7, 11) is 0. The van der Waals surface area contributed by atoms with Gasteiger partial charge in [-0.05, 0) is 23.8 Å². The van der Waals surface area contributed by atoms with Gasteiger partial charge in [-0.2, -0.15) is 0 Å². The summed E-state index contributed by atoms with van der Waals surface area (Å²) >= 11 is 5.85. The average molecular weight is 271 g/mol. The molecular weight excluding hydrogens is 260 g/mol. The maximum Gasteiger partial charge on any atom is 0.106 e. The van der Waals surface area contributed by atoms with Gasteiger partial charge in [-0.15, -0.1) is 0 Å². The third kappa shape index (κ3) is 2.30. The Hall–Kier alpha value is -1.97. The minimum atomic E-state index is -0.738. The lowest BCUT2D eigenvalue weighted by Crippen LogP contribution is -2.01. The van der Waals surface area contributed by atoms with E-state index in [1.807, 2.05) is 30.3 Å². The van der Waals surface area contributed by atoms with Crippen LogP contribution in [0.4, 0.5) is 0 Å². The average Bonchev–Trinajstić information content (AvgIpc) is 2.47. The van der Waals surface area contributed by atoms with E-state index in [2.05, 4.69) is 9.97 Å². The topological polar surface area (TPSA) is 46.0 Å². The van der Waals surface area contributed by atoms with Crippen LogP contribution < -0.4 is 0 Å². The third-order valence-electron chi connectivity index (χ3n) is 3.01. The molecule has 0 spiro atoms. The van der Waals surface area contributed by atoms with Crippen LogP contribution in [-0.2, 0) is 0 Å². The molecule has 1 heterocycles. The molecule has 0 saturated carbocycles. The highest BCUT2D eigenvalue weighted by atomic mass is 35.5. The van der Waals surface area contributed by atoms with E-state index in [-0.39, 0.29) is 0 Å². The number of para-hydroxylation sites is 1. The third-order valence-corrected chi connectivity index (χ3v) is 3.26. The van der Waals surface area contributed by atoms with E-state index >= 15 is 0 Å². The first kappa shape index (κ1) is 12.1. The summed E-state index contributed by atoms with van der Waals surface area (Å²) in [5.41, 5.74) is 3.01. The number of aliphatic hydroxyl groups excluding tert-OH is 1. The van der Waals surface area contributed by atoms with Crippen LogP contribution in [0.3, 0.4) is 0 Å². The zero-order chi connectivity index (χ0) is 13.2. The van der Waals surface area contributed by atoms with Crippen LogP contribution in [-0.4, -0.2) is 15.1 Å². The van der Waals surface area contributed by atoms with E-state index in [1.54, 1.807) is 24.5 Å². The summed E-state index contributed by atoms with van der Waals surface area (Å²) in [6, 6.07) is 12.7. The highest BCUT2D eigenvalue weighted by Crippen LogP contribution is 2.27. The van der Waals surface area contributed by atoms with Gasteiger partial charge in [0.25, 0.3) is 0 Å². The van der Waals surface area contributed by atoms with Crippen molar-refractivity contribution in [2.75, 3.05) is 0 Å². The molecule has 1 unspecified atom stereocenters. The van der Waals surface area contributed by atoms with Gasteiger partial charge in [0, 0.05) is 23.0 Å². The number of aromatic nitrogens is 2. The van der Waals surface area contributed by atoms with Crippen molar-refractivity contribution in [1.82, 2.24) is 9.97 Å². The fraction of sp³-hybridized carbons (Fsp3) is 0.0667. The van der Waals surface area contributed by atoms with E-state index in [1.165, 1.54) is 0 Å². The lowest BCUT2D eigenvalue weighted by atomic mass is 10.0. The highest BCUT2D eigenvalue weighted by molar-refractivity contribution is 6.30. The number of halogens is 1. The molecule has 1 N–H and O–H groups in total. The van der Waals surface area contributed by atoms with Crippen molar-refractivity contribution in [3.63, 3.8) is 0 Å². The molecule has 0 amide bonds. The molecule has 19 heavy (non-hydrogen) atoms. The Morgan fingerprint density at radius 2 is 1.68 bits per heavy atom. The van der Waals surface area contributed by atoms with Crippen LogP contribution in [0.1, 0.15) is 17.2 Å². The van der Waals surface area contributed by atoms with Gasteiger partial charge in [0.15, 0.2) is 0 Å². The molecule has 3 nitrogen and oxygen atoms in total. The van der Waals surface area contributed by atoms with Crippen molar-refractivity contribution in [3.8, 4) is 0 Å². The molecule has 0 aliphatic rings. The number of rotatable bonds is 2. The monoisotopic (exact) mass is 270 g/mol. The van der Waals surface area contributed by atoms with E-state index < -0.39 is 6.10 Å². The molecule has 3 aromatic rings. The fourth-order valence-corrected chi connectivity index (χ4v) is 2.19. The van der Waals surface area contributed by atoms with Crippen molar-refractivity contribution < 1.29 is 5.11 Å².